The van der Waals surface area contributed by atoms with Crippen molar-refractivity contribution in [1.82, 2.24) is 0 Å². The van der Waals surface area contributed by atoms with Crippen molar-refractivity contribution in [2.75, 3.05) is 0 Å². The number of aryl methyl sites for hydroxylation is 1. The predicted octanol–water partition coefficient (Wildman–Crippen LogP) is 13.5. The van der Waals surface area contributed by atoms with Crippen molar-refractivity contribution in [3.8, 4) is 0 Å². The fourth-order valence-electron chi connectivity index (χ4n) is 7.18. The van der Waals surface area contributed by atoms with E-state index in [1.165, 1.54) is 25.7 Å². The lowest BCUT2D eigenvalue weighted by Gasteiger charge is -2.43. The van der Waals surface area contributed by atoms with Crippen molar-refractivity contribution in [3.63, 3.8) is 0 Å². The number of rotatable bonds is 15. The molecule has 0 atom stereocenters. The van der Waals surface area contributed by atoms with E-state index in [0.29, 0.717) is 30.4 Å². The Morgan fingerprint density at radius 3 is 1.15 bits per heavy atom. The normalized spacial score (nSPS) is 23.9. The van der Waals surface area contributed by atoms with Crippen LogP contribution in [0.3, 0.4) is 0 Å². The zero-order valence-electron chi connectivity index (χ0n) is 27.5. The van der Waals surface area contributed by atoms with E-state index in [1.54, 1.807) is 0 Å². The maximum Gasteiger partial charge on any atom is 0.460 e. The summed E-state index contributed by atoms with van der Waals surface area (Å²) in [4.78, 5) is 0. The zero-order chi connectivity index (χ0) is 40.0. The number of hydrogen-bond donors (Lipinski definition) is 0. The molecule has 2 aliphatic rings. The minimum atomic E-state index is -8.92. The van der Waals surface area contributed by atoms with Gasteiger partial charge in [0.05, 0.1) is 0 Å². The number of unbranched alkanes of at least 4 members (excludes halogenated alkanes) is 1. The van der Waals surface area contributed by atoms with Gasteiger partial charge >= 0.3 is 53.6 Å². The molecule has 0 heterocycles. The molecule has 2 aliphatic carbocycles. The summed E-state index contributed by atoms with van der Waals surface area (Å²) in [5.41, 5.74) is -2.10. The second kappa shape index (κ2) is 14.9. The molecule has 52 heavy (non-hydrogen) atoms. The standard InChI is InChI=1S/C33H37F19/c1-2-3-4-19-7-13-22(14-8-19)23-15-9-20(10-16-23)5-6-21-11-17-24(18-12-21)25(34,35)26(36,37)27(38,39)28(40,41)29(42,43)30(44,45)31(46,47)32(48,49)33(50,51)52/h11-12,17-20,22-23H,2-10,13-16H2,1H3/t19-,20?,22-,23?. The minimum Gasteiger partial charge on any atom is -0.194 e. The first kappa shape index (κ1) is 44.3. The molecular weight excluding hydrogens is 757 g/mol. The predicted molar refractivity (Wildman–Crippen MR) is 150 cm³/mol. The fourth-order valence-corrected chi connectivity index (χ4v) is 7.18. The maximum absolute atomic E-state index is 14.7. The Labute approximate surface area is 286 Å². The molecule has 19 heteroatoms. The Hall–Kier alpha value is -2.11. The Balaban J connectivity index is 1.70. The van der Waals surface area contributed by atoms with Gasteiger partial charge in [-0.25, -0.2) is 0 Å². The molecular formula is C33H37F19. The van der Waals surface area contributed by atoms with Crippen LogP contribution in [0.4, 0.5) is 83.4 Å². The average molecular weight is 795 g/mol. The first-order valence-corrected chi connectivity index (χ1v) is 16.6. The van der Waals surface area contributed by atoms with E-state index in [0.717, 1.165) is 50.9 Å². The van der Waals surface area contributed by atoms with Crippen LogP contribution in [0.15, 0.2) is 24.3 Å². The molecule has 302 valence electrons. The van der Waals surface area contributed by atoms with Crippen LogP contribution >= 0.6 is 0 Å². The van der Waals surface area contributed by atoms with E-state index in [2.05, 4.69) is 6.92 Å². The molecule has 3 rings (SSSR count). The molecule has 0 spiro atoms. The topological polar surface area (TPSA) is 0 Å². The molecule has 0 nitrogen and oxygen atoms in total. The molecule has 1 aromatic carbocycles. The van der Waals surface area contributed by atoms with Crippen molar-refractivity contribution in [3.05, 3.63) is 35.4 Å². The lowest BCUT2D eigenvalue weighted by atomic mass is 9.68. The third kappa shape index (κ3) is 7.45. The van der Waals surface area contributed by atoms with Crippen LogP contribution < -0.4 is 0 Å². The van der Waals surface area contributed by atoms with E-state index in [1.807, 2.05) is 0 Å². The van der Waals surface area contributed by atoms with Gasteiger partial charge in [0.2, 0.25) is 0 Å². The first-order chi connectivity index (χ1) is 23.5. The largest absolute Gasteiger partial charge is 0.460 e. The van der Waals surface area contributed by atoms with Crippen molar-refractivity contribution in [2.45, 2.75) is 144 Å². The molecule has 0 saturated heterocycles. The minimum absolute atomic E-state index is 0.00992. The van der Waals surface area contributed by atoms with E-state index < -0.39 is 59.1 Å². The van der Waals surface area contributed by atoms with Gasteiger partial charge in [0, 0.05) is 5.56 Å². The van der Waals surface area contributed by atoms with Gasteiger partial charge in [-0.15, -0.1) is 0 Å². The monoisotopic (exact) mass is 794 g/mol. The second-order valence-electron chi connectivity index (χ2n) is 14.0. The van der Waals surface area contributed by atoms with E-state index in [4.69, 9.17) is 0 Å². The maximum atomic E-state index is 14.7. The quantitative estimate of drug-likeness (QED) is 0.155. The molecule has 0 radical (unpaired) electrons. The Morgan fingerprint density at radius 2 is 0.788 bits per heavy atom. The summed E-state index contributed by atoms with van der Waals surface area (Å²) in [6, 6.07) is 1.38. The molecule has 2 saturated carbocycles. The highest BCUT2D eigenvalue weighted by Gasteiger charge is 2.96. The molecule has 0 bridgehead atoms. The van der Waals surface area contributed by atoms with Gasteiger partial charge in [-0.3, -0.25) is 0 Å². The van der Waals surface area contributed by atoms with Gasteiger partial charge < -0.3 is 0 Å². The molecule has 0 amide bonds. The average Bonchev–Trinajstić information content (AvgIpc) is 3.06. The summed E-state index contributed by atoms with van der Waals surface area (Å²) >= 11 is 0. The third-order valence-corrected chi connectivity index (χ3v) is 10.7. The molecule has 0 N–H and O–H groups in total. The highest BCUT2D eigenvalue weighted by molar-refractivity contribution is 5.30. The summed E-state index contributed by atoms with van der Waals surface area (Å²) in [7, 11) is 0. The highest BCUT2D eigenvalue weighted by Crippen LogP contribution is 2.66. The summed E-state index contributed by atoms with van der Waals surface area (Å²) in [6.07, 6.45) is 4.63. The second-order valence-corrected chi connectivity index (χ2v) is 14.0. The lowest BCUT2D eigenvalue weighted by molar-refractivity contribution is -0.469. The van der Waals surface area contributed by atoms with E-state index in [-0.39, 0.29) is 30.0 Å². The Kier molecular flexibility index (Phi) is 12.6. The van der Waals surface area contributed by atoms with Gasteiger partial charge in [-0.05, 0) is 67.8 Å². The van der Waals surface area contributed by atoms with Crippen LogP contribution in [0, 0.1) is 23.7 Å². The number of hydrogen-bond acceptors (Lipinski definition) is 0. The number of halogens is 19. The molecule has 0 aromatic heterocycles. The number of alkyl halides is 19. The van der Waals surface area contributed by atoms with Gasteiger partial charge in [0.25, 0.3) is 0 Å². The smallest absolute Gasteiger partial charge is 0.194 e. The molecule has 0 aliphatic heterocycles. The highest BCUT2D eigenvalue weighted by atomic mass is 19.4. The van der Waals surface area contributed by atoms with Crippen LogP contribution in [0.2, 0.25) is 0 Å². The molecule has 2 fully saturated rings. The van der Waals surface area contributed by atoms with E-state index >= 15 is 0 Å². The van der Waals surface area contributed by atoms with Gasteiger partial charge in [-0.1, -0.05) is 76.1 Å². The van der Waals surface area contributed by atoms with Crippen molar-refractivity contribution in [1.29, 1.82) is 0 Å². The van der Waals surface area contributed by atoms with Crippen molar-refractivity contribution in [2.24, 2.45) is 23.7 Å². The third-order valence-electron chi connectivity index (χ3n) is 10.7. The van der Waals surface area contributed by atoms with Gasteiger partial charge in [0.15, 0.2) is 0 Å². The van der Waals surface area contributed by atoms with Gasteiger partial charge in [0.1, 0.15) is 0 Å². The van der Waals surface area contributed by atoms with Crippen LogP contribution in [-0.4, -0.2) is 47.6 Å². The summed E-state index contributed by atoms with van der Waals surface area (Å²) in [5, 5.41) is 0. The Bertz CT molecular complexity index is 1300. The van der Waals surface area contributed by atoms with Crippen molar-refractivity contribution < 1.29 is 83.4 Å². The Morgan fingerprint density at radius 1 is 0.442 bits per heavy atom. The lowest BCUT2D eigenvalue weighted by Crippen LogP contribution is -2.75. The number of benzene rings is 1. The van der Waals surface area contributed by atoms with Crippen LogP contribution in [-0.2, 0) is 12.3 Å². The summed E-state index contributed by atoms with van der Waals surface area (Å²) in [5.74, 6) is -64.5. The van der Waals surface area contributed by atoms with Gasteiger partial charge in [-0.2, -0.15) is 83.4 Å². The van der Waals surface area contributed by atoms with Crippen LogP contribution in [0.1, 0.15) is 95.1 Å². The zero-order valence-corrected chi connectivity index (χ0v) is 27.5. The molecule has 0 unspecified atom stereocenters. The summed E-state index contributed by atoms with van der Waals surface area (Å²) in [6.45, 7) is 2.15. The SMILES string of the molecule is CCCC[C@H]1CC[C@H](C2CCC(CCc3ccc(C(F)(F)C(F)(F)C(F)(F)C(F)(F)C(F)(F)C(F)(F)C(F)(F)C(F)(F)C(F)(F)F)cc3)CC2)CC1. The summed E-state index contributed by atoms with van der Waals surface area (Å²) < 4.78 is 260. The van der Waals surface area contributed by atoms with E-state index in [9.17, 15) is 83.4 Å². The van der Waals surface area contributed by atoms with Crippen LogP contribution in [0.25, 0.3) is 0 Å². The fraction of sp³-hybridized carbons (Fsp3) is 0.818. The van der Waals surface area contributed by atoms with Crippen molar-refractivity contribution >= 4 is 0 Å². The first-order valence-electron chi connectivity index (χ1n) is 16.6. The molecule has 1 aromatic rings. The van der Waals surface area contributed by atoms with Crippen LogP contribution in [0.5, 0.6) is 0 Å².